The van der Waals surface area contributed by atoms with Gasteiger partial charge in [0.05, 0.1) is 18.8 Å². The van der Waals surface area contributed by atoms with E-state index in [0.717, 1.165) is 19.3 Å². The number of unbranched alkanes of at least 4 members (excludes halogenated alkanes) is 2. The van der Waals surface area contributed by atoms with Gasteiger partial charge in [-0.1, -0.05) is 24.1 Å². The number of amides is 2. The fourth-order valence-corrected chi connectivity index (χ4v) is 3.81. The van der Waals surface area contributed by atoms with Crippen LogP contribution in [-0.4, -0.2) is 55.6 Å². The van der Waals surface area contributed by atoms with Gasteiger partial charge >= 0.3 is 0 Å². The summed E-state index contributed by atoms with van der Waals surface area (Å²) in [4.78, 5) is 25.2. The molecule has 0 unspecified atom stereocenters. The van der Waals surface area contributed by atoms with E-state index in [9.17, 15) is 14.0 Å². The molecule has 1 heterocycles. The maximum absolute atomic E-state index is 14.6. The zero-order valence-electron chi connectivity index (χ0n) is 17.2. The first kappa shape index (κ1) is 23.6. The normalized spacial score (nSPS) is 18.3. The van der Waals surface area contributed by atoms with E-state index in [1.54, 1.807) is 12.1 Å². The van der Waals surface area contributed by atoms with Gasteiger partial charge in [-0.3, -0.25) is 14.5 Å². The van der Waals surface area contributed by atoms with Gasteiger partial charge in [0.1, 0.15) is 5.82 Å². The summed E-state index contributed by atoms with van der Waals surface area (Å²) in [5.74, 6) is -0.477. The van der Waals surface area contributed by atoms with E-state index >= 15 is 0 Å². The highest BCUT2D eigenvalue weighted by atomic mass is 35.5. The number of benzene rings is 1. The van der Waals surface area contributed by atoms with Gasteiger partial charge in [-0.15, -0.1) is 0 Å². The molecule has 0 saturated carbocycles. The van der Waals surface area contributed by atoms with Gasteiger partial charge in [0.2, 0.25) is 11.8 Å². The van der Waals surface area contributed by atoms with Crippen molar-refractivity contribution in [3.63, 3.8) is 0 Å². The van der Waals surface area contributed by atoms with Crippen molar-refractivity contribution in [3.8, 4) is 0 Å². The highest BCUT2D eigenvalue weighted by molar-refractivity contribution is 6.31. The van der Waals surface area contributed by atoms with Crippen LogP contribution in [0.2, 0.25) is 5.02 Å². The monoisotopic (exact) mass is 427 g/mol. The standard InChI is InChI=1S/C21H31ClFN3O3/c1-15-14-26(11-12-29-15)19(21-17(22)7-6-8-18(21)23)13-25-20(28)9-4-3-5-10-24-16(2)27/h6-8,15,19H,3-5,9-14H2,1-2H3,(H,24,27)(H,25,28)/t15-,19+/m1/s1. The summed E-state index contributed by atoms with van der Waals surface area (Å²) < 4.78 is 20.2. The molecule has 1 aliphatic heterocycles. The molecule has 2 rings (SSSR count). The van der Waals surface area contributed by atoms with Crippen LogP contribution in [0.4, 0.5) is 4.39 Å². The van der Waals surface area contributed by atoms with Crippen LogP contribution >= 0.6 is 11.6 Å². The van der Waals surface area contributed by atoms with Gasteiger partial charge in [0, 0.05) is 50.1 Å². The number of carbonyl (C=O) groups is 2. The van der Waals surface area contributed by atoms with Crippen LogP contribution in [0.5, 0.6) is 0 Å². The average molecular weight is 428 g/mol. The zero-order valence-corrected chi connectivity index (χ0v) is 17.9. The van der Waals surface area contributed by atoms with Crippen LogP contribution < -0.4 is 10.6 Å². The molecule has 0 aliphatic carbocycles. The van der Waals surface area contributed by atoms with Gasteiger partial charge in [-0.05, 0) is 31.9 Å². The quantitative estimate of drug-likeness (QED) is 0.563. The number of ether oxygens (including phenoxy) is 1. The minimum absolute atomic E-state index is 0.0381. The molecule has 0 aromatic heterocycles. The van der Waals surface area contributed by atoms with Gasteiger partial charge in [0.25, 0.3) is 0 Å². The van der Waals surface area contributed by atoms with Crippen LogP contribution in [0, 0.1) is 5.82 Å². The minimum Gasteiger partial charge on any atom is -0.376 e. The molecule has 2 amide bonds. The van der Waals surface area contributed by atoms with E-state index in [4.69, 9.17) is 16.3 Å². The summed E-state index contributed by atoms with van der Waals surface area (Å²) in [5, 5.41) is 6.04. The molecule has 0 spiro atoms. The maximum atomic E-state index is 14.6. The second kappa shape index (κ2) is 12.1. The fourth-order valence-electron chi connectivity index (χ4n) is 3.52. The van der Waals surface area contributed by atoms with Gasteiger partial charge in [0.15, 0.2) is 0 Å². The van der Waals surface area contributed by atoms with E-state index in [0.29, 0.717) is 43.2 Å². The van der Waals surface area contributed by atoms with Crippen molar-refractivity contribution in [3.05, 3.63) is 34.6 Å². The van der Waals surface area contributed by atoms with E-state index in [1.165, 1.54) is 13.0 Å². The molecule has 1 fully saturated rings. The van der Waals surface area contributed by atoms with Crippen molar-refractivity contribution in [1.29, 1.82) is 0 Å². The number of hydrogen-bond donors (Lipinski definition) is 2. The van der Waals surface area contributed by atoms with Gasteiger partial charge in [-0.2, -0.15) is 0 Å². The molecule has 1 saturated heterocycles. The Morgan fingerprint density at radius 1 is 1.31 bits per heavy atom. The Bertz CT molecular complexity index is 669. The molecule has 1 aliphatic rings. The van der Waals surface area contributed by atoms with E-state index in [1.807, 2.05) is 6.92 Å². The third-order valence-corrected chi connectivity index (χ3v) is 5.32. The third kappa shape index (κ3) is 7.91. The van der Waals surface area contributed by atoms with Gasteiger partial charge in [-0.25, -0.2) is 4.39 Å². The number of nitrogens with zero attached hydrogens (tertiary/aromatic N) is 1. The van der Waals surface area contributed by atoms with Crippen molar-refractivity contribution in [1.82, 2.24) is 15.5 Å². The molecular formula is C21H31ClFN3O3. The molecule has 6 nitrogen and oxygen atoms in total. The second-order valence-electron chi connectivity index (χ2n) is 7.43. The summed E-state index contributed by atoms with van der Waals surface area (Å²) in [5.41, 5.74) is 0.416. The van der Waals surface area contributed by atoms with Crippen molar-refractivity contribution >= 4 is 23.4 Å². The lowest BCUT2D eigenvalue weighted by atomic mass is 10.0. The first-order valence-electron chi connectivity index (χ1n) is 10.2. The molecule has 0 bridgehead atoms. The van der Waals surface area contributed by atoms with Gasteiger partial charge < -0.3 is 15.4 Å². The first-order chi connectivity index (χ1) is 13.9. The Morgan fingerprint density at radius 3 is 2.79 bits per heavy atom. The predicted molar refractivity (Wildman–Crippen MR) is 111 cm³/mol. The number of morpholine rings is 1. The maximum Gasteiger partial charge on any atom is 0.220 e. The number of carbonyl (C=O) groups excluding carboxylic acids is 2. The smallest absolute Gasteiger partial charge is 0.220 e. The highest BCUT2D eigenvalue weighted by Crippen LogP contribution is 2.31. The minimum atomic E-state index is -0.367. The summed E-state index contributed by atoms with van der Waals surface area (Å²) in [7, 11) is 0. The first-order valence-corrected chi connectivity index (χ1v) is 10.6. The molecule has 29 heavy (non-hydrogen) atoms. The van der Waals surface area contributed by atoms with Crippen LogP contribution in [0.3, 0.4) is 0 Å². The topological polar surface area (TPSA) is 70.7 Å². The van der Waals surface area contributed by atoms with E-state index in [-0.39, 0.29) is 36.3 Å². The molecule has 2 atom stereocenters. The molecule has 1 aromatic carbocycles. The number of rotatable bonds is 10. The predicted octanol–water partition coefficient (Wildman–Crippen LogP) is 3.05. The van der Waals surface area contributed by atoms with Crippen molar-refractivity contribution in [2.45, 2.75) is 51.7 Å². The lowest BCUT2D eigenvalue weighted by molar-refractivity contribution is -0.122. The van der Waals surface area contributed by atoms with Crippen LogP contribution in [-0.2, 0) is 14.3 Å². The Hall–Kier alpha value is -1.70. The van der Waals surface area contributed by atoms with Crippen molar-refractivity contribution in [2.24, 2.45) is 0 Å². The Labute approximate surface area is 177 Å². The largest absolute Gasteiger partial charge is 0.376 e. The molecule has 1 aromatic rings. The summed E-state index contributed by atoms with van der Waals surface area (Å²) in [6, 6.07) is 4.31. The van der Waals surface area contributed by atoms with Crippen LogP contribution in [0.25, 0.3) is 0 Å². The summed E-state index contributed by atoms with van der Waals surface area (Å²) in [6.45, 7) is 6.24. The fraction of sp³-hybridized carbons (Fsp3) is 0.619. The Balaban J connectivity index is 1.91. The van der Waals surface area contributed by atoms with Crippen LogP contribution in [0.1, 0.15) is 51.1 Å². The lowest BCUT2D eigenvalue weighted by Crippen LogP contribution is -2.46. The molecule has 2 N–H and O–H groups in total. The molecule has 162 valence electrons. The van der Waals surface area contributed by atoms with E-state index < -0.39 is 0 Å². The number of halogens is 2. The summed E-state index contributed by atoms with van der Waals surface area (Å²) in [6.07, 6.45) is 2.88. The van der Waals surface area contributed by atoms with Crippen LogP contribution in [0.15, 0.2) is 18.2 Å². The van der Waals surface area contributed by atoms with Crippen molar-refractivity contribution in [2.75, 3.05) is 32.8 Å². The highest BCUT2D eigenvalue weighted by Gasteiger charge is 2.29. The van der Waals surface area contributed by atoms with Crippen molar-refractivity contribution < 1.29 is 18.7 Å². The molecule has 0 radical (unpaired) electrons. The molecular weight excluding hydrogens is 397 g/mol. The van der Waals surface area contributed by atoms with E-state index in [2.05, 4.69) is 15.5 Å². The number of hydrogen-bond acceptors (Lipinski definition) is 4. The Morgan fingerprint density at radius 2 is 2.10 bits per heavy atom. The molecule has 8 heteroatoms. The third-order valence-electron chi connectivity index (χ3n) is 4.99. The lowest BCUT2D eigenvalue weighted by Gasteiger charge is -2.38. The Kier molecular flexibility index (Phi) is 9.84. The zero-order chi connectivity index (χ0) is 21.2. The SMILES string of the molecule is CC(=O)NCCCCCC(=O)NC[C@@H](c1c(F)cccc1Cl)N1CCO[C@H](C)C1. The summed E-state index contributed by atoms with van der Waals surface area (Å²) >= 11 is 6.31. The average Bonchev–Trinajstić information content (AvgIpc) is 2.66. The second-order valence-corrected chi connectivity index (χ2v) is 7.83. The number of nitrogens with one attached hydrogen (secondary N) is 2.